The maximum absolute atomic E-state index is 9.47. The molecule has 16 heavy (non-hydrogen) atoms. The van der Waals surface area contributed by atoms with Crippen molar-refractivity contribution in [2.45, 2.75) is 26.0 Å². The molecular weight excluding hydrogens is 222 g/mol. The van der Waals surface area contributed by atoms with E-state index in [0.717, 1.165) is 29.6 Å². The summed E-state index contributed by atoms with van der Waals surface area (Å²) in [5.41, 5.74) is 0. The Bertz CT molecular complexity index is 353. The van der Waals surface area contributed by atoms with Crippen molar-refractivity contribution < 1.29 is 5.11 Å². The van der Waals surface area contributed by atoms with Gasteiger partial charge in [0.05, 0.1) is 11.0 Å². The van der Waals surface area contributed by atoms with Crippen LogP contribution in [0.3, 0.4) is 0 Å². The van der Waals surface area contributed by atoms with E-state index >= 15 is 0 Å². The first kappa shape index (κ1) is 11.8. The minimum atomic E-state index is -0.406. The first-order chi connectivity index (χ1) is 7.58. The third-order valence-corrected chi connectivity index (χ3v) is 4.38. The summed E-state index contributed by atoms with van der Waals surface area (Å²) >= 11 is 1.60. The van der Waals surface area contributed by atoms with Gasteiger partial charge in [0.25, 0.3) is 0 Å². The van der Waals surface area contributed by atoms with E-state index in [1.54, 1.807) is 24.5 Å². The average molecular weight is 241 g/mol. The molecule has 1 fully saturated rings. The monoisotopic (exact) mass is 241 g/mol. The van der Waals surface area contributed by atoms with Crippen molar-refractivity contribution in [1.29, 1.82) is 0 Å². The van der Waals surface area contributed by atoms with Crippen LogP contribution < -0.4 is 4.90 Å². The molecule has 0 bridgehead atoms. The summed E-state index contributed by atoms with van der Waals surface area (Å²) in [7, 11) is 2.16. The molecule has 1 saturated heterocycles. The standard InChI is InChI=1S/C11H19N3OS/c1-8-7-14(5-4-13(8)3)11-12-6-10(16-11)9(2)15/h6,8-9,15H,4-5,7H2,1-3H3. The minimum absolute atomic E-state index is 0.406. The van der Waals surface area contributed by atoms with Crippen LogP contribution in [0.2, 0.25) is 0 Å². The highest BCUT2D eigenvalue weighted by molar-refractivity contribution is 7.15. The molecular formula is C11H19N3OS. The lowest BCUT2D eigenvalue weighted by atomic mass is 10.2. The summed E-state index contributed by atoms with van der Waals surface area (Å²) in [6.07, 6.45) is 1.38. The van der Waals surface area contributed by atoms with Crippen LogP contribution in [0.5, 0.6) is 0 Å². The van der Waals surface area contributed by atoms with E-state index in [1.807, 2.05) is 0 Å². The van der Waals surface area contributed by atoms with E-state index in [-0.39, 0.29) is 0 Å². The largest absolute Gasteiger partial charge is 0.388 e. The van der Waals surface area contributed by atoms with Crippen molar-refractivity contribution in [3.63, 3.8) is 0 Å². The van der Waals surface area contributed by atoms with Gasteiger partial charge in [0.1, 0.15) is 0 Å². The van der Waals surface area contributed by atoms with Gasteiger partial charge in [-0.3, -0.25) is 0 Å². The van der Waals surface area contributed by atoms with Crippen LogP contribution in [-0.2, 0) is 0 Å². The Hall–Kier alpha value is -0.650. The highest BCUT2D eigenvalue weighted by Crippen LogP contribution is 2.28. The molecule has 1 aromatic rings. The van der Waals surface area contributed by atoms with Crippen LogP contribution in [0.15, 0.2) is 6.20 Å². The topological polar surface area (TPSA) is 39.6 Å². The van der Waals surface area contributed by atoms with Crippen LogP contribution in [0, 0.1) is 0 Å². The van der Waals surface area contributed by atoms with Gasteiger partial charge in [0, 0.05) is 31.9 Å². The molecule has 4 nitrogen and oxygen atoms in total. The van der Waals surface area contributed by atoms with E-state index in [2.05, 4.69) is 28.8 Å². The van der Waals surface area contributed by atoms with E-state index in [0.29, 0.717) is 6.04 Å². The molecule has 0 aromatic carbocycles. The molecule has 1 N–H and O–H groups in total. The number of thiazole rings is 1. The molecule has 2 heterocycles. The van der Waals surface area contributed by atoms with Gasteiger partial charge in [0.15, 0.2) is 5.13 Å². The normalized spacial score (nSPS) is 24.8. The van der Waals surface area contributed by atoms with Crippen molar-refractivity contribution in [2.24, 2.45) is 0 Å². The number of piperazine rings is 1. The molecule has 2 unspecified atom stereocenters. The van der Waals surface area contributed by atoms with Crippen LogP contribution in [0.4, 0.5) is 5.13 Å². The Labute approximate surface area is 101 Å². The molecule has 0 spiro atoms. The van der Waals surface area contributed by atoms with Crippen LogP contribution in [0.1, 0.15) is 24.8 Å². The Morgan fingerprint density at radius 1 is 1.56 bits per heavy atom. The van der Waals surface area contributed by atoms with Crippen molar-refractivity contribution in [2.75, 3.05) is 31.6 Å². The summed E-state index contributed by atoms with van der Waals surface area (Å²) in [6.45, 7) is 7.13. The Morgan fingerprint density at radius 2 is 2.31 bits per heavy atom. The number of nitrogens with zero attached hydrogens (tertiary/aromatic N) is 3. The summed E-state index contributed by atoms with van der Waals surface area (Å²) in [4.78, 5) is 10.00. The zero-order valence-electron chi connectivity index (χ0n) is 10.1. The number of aliphatic hydroxyl groups excluding tert-OH is 1. The number of aliphatic hydroxyl groups is 1. The molecule has 1 aliphatic heterocycles. The van der Waals surface area contributed by atoms with Crippen LogP contribution in [0.25, 0.3) is 0 Å². The lowest BCUT2D eigenvalue weighted by Gasteiger charge is -2.37. The number of likely N-dealkylation sites (N-methyl/N-ethyl adjacent to an activating group) is 1. The van der Waals surface area contributed by atoms with Crippen molar-refractivity contribution in [3.8, 4) is 0 Å². The van der Waals surface area contributed by atoms with Crippen LogP contribution in [-0.4, -0.2) is 47.7 Å². The zero-order chi connectivity index (χ0) is 11.7. The summed E-state index contributed by atoms with van der Waals surface area (Å²) in [5.74, 6) is 0. The summed E-state index contributed by atoms with van der Waals surface area (Å²) in [6, 6.07) is 0.563. The number of aromatic nitrogens is 1. The van der Waals surface area contributed by atoms with E-state index in [4.69, 9.17) is 0 Å². The number of rotatable bonds is 2. The van der Waals surface area contributed by atoms with Gasteiger partial charge in [-0.15, -0.1) is 0 Å². The van der Waals surface area contributed by atoms with Gasteiger partial charge < -0.3 is 14.9 Å². The lowest BCUT2D eigenvalue weighted by Crippen LogP contribution is -2.50. The molecule has 0 amide bonds. The van der Waals surface area contributed by atoms with Gasteiger partial charge in [-0.25, -0.2) is 4.98 Å². The third-order valence-electron chi connectivity index (χ3n) is 3.15. The fourth-order valence-electron chi connectivity index (χ4n) is 1.84. The average Bonchev–Trinajstić information content (AvgIpc) is 2.71. The number of hydrogen-bond acceptors (Lipinski definition) is 5. The van der Waals surface area contributed by atoms with Gasteiger partial charge in [-0.1, -0.05) is 11.3 Å². The Kier molecular flexibility index (Phi) is 3.47. The minimum Gasteiger partial charge on any atom is -0.388 e. The van der Waals surface area contributed by atoms with Crippen molar-refractivity contribution >= 4 is 16.5 Å². The molecule has 2 atom stereocenters. The third kappa shape index (κ3) is 2.36. The predicted molar refractivity (Wildman–Crippen MR) is 67.1 cm³/mol. The maximum atomic E-state index is 9.47. The molecule has 2 rings (SSSR count). The Balaban J connectivity index is 2.07. The quantitative estimate of drug-likeness (QED) is 0.848. The molecule has 1 aromatic heterocycles. The highest BCUT2D eigenvalue weighted by Gasteiger charge is 2.22. The lowest BCUT2D eigenvalue weighted by molar-refractivity contribution is 0.203. The Morgan fingerprint density at radius 3 is 2.88 bits per heavy atom. The molecule has 0 saturated carbocycles. The zero-order valence-corrected chi connectivity index (χ0v) is 10.9. The fraction of sp³-hybridized carbons (Fsp3) is 0.727. The van der Waals surface area contributed by atoms with Gasteiger partial charge in [-0.05, 0) is 20.9 Å². The number of hydrogen-bond donors (Lipinski definition) is 1. The molecule has 0 aliphatic carbocycles. The van der Waals surface area contributed by atoms with Crippen molar-refractivity contribution in [1.82, 2.24) is 9.88 Å². The summed E-state index contributed by atoms with van der Waals surface area (Å²) in [5, 5.41) is 10.5. The first-order valence-electron chi connectivity index (χ1n) is 5.67. The summed E-state index contributed by atoms with van der Waals surface area (Å²) < 4.78 is 0. The second-order valence-electron chi connectivity index (χ2n) is 4.50. The van der Waals surface area contributed by atoms with Gasteiger partial charge >= 0.3 is 0 Å². The SMILES string of the molecule is CC(O)c1cnc(N2CCN(C)C(C)C2)s1. The van der Waals surface area contributed by atoms with E-state index in [9.17, 15) is 5.11 Å². The second-order valence-corrected chi connectivity index (χ2v) is 5.54. The molecule has 1 aliphatic rings. The second kappa shape index (κ2) is 4.69. The van der Waals surface area contributed by atoms with Gasteiger partial charge in [0.2, 0.25) is 0 Å². The highest BCUT2D eigenvalue weighted by atomic mass is 32.1. The van der Waals surface area contributed by atoms with E-state index < -0.39 is 6.10 Å². The molecule has 90 valence electrons. The maximum Gasteiger partial charge on any atom is 0.185 e. The van der Waals surface area contributed by atoms with Crippen molar-refractivity contribution in [3.05, 3.63) is 11.1 Å². The fourth-order valence-corrected chi connectivity index (χ4v) is 2.73. The molecule has 0 radical (unpaired) electrons. The van der Waals surface area contributed by atoms with Crippen LogP contribution >= 0.6 is 11.3 Å². The molecule has 5 heteroatoms. The predicted octanol–water partition coefficient (Wildman–Crippen LogP) is 1.34. The number of anilines is 1. The smallest absolute Gasteiger partial charge is 0.185 e. The van der Waals surface area contributed by atoms with Gasteiger partial charge in [-0.2, -0.15) is 0 Å². The first-order valence-corrected chi connectivity index (χ1v) is 6.48. The van der Waals surface area contributed by atoms with E-state index in [1.165, 1.54) is 0 Å².